The third-order valence-corrected chi connectivity index (χ3v) is 4.75. The number of amides is 2. The van der Waals surface area contributed by atoms with Crippen LogP contribution in [0.25, 0.3) is 0 Å². The number of hydrogen-bond donors (Lipinski definition) is 1. The summed E-state index contributed by atoms with van der Waals surface area (Å²) in [4.78, 5) is 38.0. The highest BCUT2D eigenvalue weighted by Crippen LogP contribution is 2.29. The minimum absolute atomic E-state index is 0.0654. The third-order valence-electron chi connectivity index (χ3n) is 4.75. The SMILES string of the molecule is O=C(O)[C@@H]1Cc2ccccc2CN1C(=O)[C@@H]1CC(=O)N(CC(F)(F)F)C1. The molecule has 2 aliphatic heterocycles. The molecule has 3 rings (SSSR count). The fourth-order valence-corrected chi connectivity index (χ4v) is 3.52. The Bertz CT molecular complexity index is 750. The average molecular weight is 370 g/mol. The second kappa shape index (κ2) is 6.62. The van der Waals surface area contributed by atoms with E-state index >= 15 is 0 Å². The second-order valence-electron chi connectivity index (χ2n) is 6.58. The zero-order valence-electron chi connectivity index (χ0n) is 13.7. The highest BCUT2D eigenvalue weighted by molar-refractivity contribution is 5.91. The number of halogens is 3. The number of carboxylic acids is 1. The second-order valence-corrected chi connectivity index (χ2v) is 6.58. The van der Waals surface area contributed by atoms with E-state index in [1.165, 1.54) is 4.90 Å². The summed E-state index contributed by atoms with van der Waals surface area (Å²) in [5, 5.41) is 9.46. The Labute approximate surface area is 147 Å². The molecule has 26 heavy (non-hydrogen) atoms. The lowest BCUT2D eigenvalue weighted by Gasteiger charge is -2.35. The monoisotopic (exact) mass is 370 g/mol. The van der Waals surface area contributed by atoms with Crippen LogP contribution in [0.5, 0.6) is 0 Å². The first-order chi connectivity index (χ1) is 12.2. The highest BCUT2D eigenvalue weighted by atomic mass is 19.4. The zero-order valence-corrected chi connectivity index (χ0v) is 13.7. The molecule has 9 heteroatoms. The number of alkyl halides is 3. The normalized spacial score (nSPS) is 23.1. The molecule has 0 bridgehead atoms. The predicted octanol–water partition coefficient (Wildman–Crippen LogP) is 1.44. The first-order valence-corrected chi connectivity index (χ1v) is 8.10. The molecule has 1 N–H and O–H groups in total. The van der Waals surface area contributed by atoms with E-state index in [0.29, 0.717) is 4.90 Å². The lowest BCUT2D eigenvalue weighted by molar-refractivity contribution is -0.158. The van der Waals surface area contributed by atoms with Crippen LogP contribution in [0.1, 0.15) is 17.5 Å². The van der Waals surface area contributed by atoms with Gasteiger partial charge in [0.15, 0.2) is 0 Å². The standard InChI is InChI=1S/C17H17F3N2O4/c18-17(19,20)9-21-7-12(6-14(21)23)15(24)22-8-11-4-2-1-3-10(11)5-13(22)16(25)26/h1-4,12-13H,5-9H2,(H,25,26)/t12-,13+/m1/s1. The molecule has 0 spiro atoms. The minimum atomic E-state index is -4.54. The number of hydrogen-bond acceptors (Lipinski definition) is 3. The summed E-state index contributed by atoms with van der Waals surface area (Å²) in [6, 6.07) is 6.03. The quantitative estimate of drug-likeness (QED) is 0.873. The number of aliphatic carboxylic acids is 1. The van der Waals surface area contributed by atoms with Gasteiger partial charge in [0.1, 0.15) is 12.6 Å². The molecule has 1 saturated heterocycles. The van der Waals surface area contributed by atoms with Crippen LogP contribution in [0.15, 0.2) is 24.3 Å². The van der Waals surface area contributed by atoms with Crippen molar-refractivity contribution in [2.45, 2.75) is 31.6 Å². The summed E-state index contributed by atoms with van der Waals surface area (Å²) >= 11 is 0. The number of carboxylic acid groups (broad SMARTS) is 1. The molecule has 2 aliphatic rings. The summed E-state index contributed by atoms with van der Waals surface area (Å²) in [5.74, 6) is -3.48. The summed E-state index contributed by atoms with van der Waals surface area (Å²) in [5.41, 5.74) is 1.62. The summed E-state index contributed by atoms with van der Waals surface area (Å²) in [6.07, 6.45) is -4.75. The molecule has 0 aliphatic carbocycles. The highest BCUT2D eigenvalue weighted by Gasteiger charge is 2.44. The number of fused-ring (bicyclic) bond motifs is 1. The first-order valence-electron chi connectivity index (χ1n) is 8.10. The van der Waals surface area contributed by atoms with Crippen LogP contribution in [-0.2, 0) is 27.3 Å². The fraction of sp³-hybridized carbons (Fsp3) is 0.471. The van der Waals surface area contributed by atoms with Gasteiger partial charge in [0.2, 0.25) is 11.8 Å². The molecule has 2 atom stereocenters. The van der Waals surface area contributed by atoms with Gasteiger partial charge in [-0.1, -0.05) is 24.3 Å². The van der Waals surface area contributed by atoms with Crippen LogP contribution in [0.2, 0.25) is 0 Å². The Hall–Kier alpha value is -2.58. The van der Waals surface area contributed by atoms with Crippen molar-refractivity contribution in [2.24, 2.45) is 5.92 Å². The van der Waals surface area contributed by atoms with Crippen molar-refractivity contribution in [1.29, 1.82) is 0 Å². The molecule has 0 saturated carbocycles. The minimum Gasteiger partial charge on any atom is -0.480 e. The topological polar surface area (TPSA) is 77.9 Å². The van der Waals surface area contributed by atoms with Gasteiger partial charge in [-0.2, -0.15) is 13.2 Å². The smallest absolute Gasteiger partial charge is 0.406 e. The molecule has 2 heterocycles. The van der Waals surface area contributed by atoms with Gasteiger partial charge in [-0.3, -0.25) is 9.59 Å². The molecule has 0 radical (unpaired) electrons. The number of benzene rings is 1. The number of rotatable bonds is 3. The van der Waals surface area contributed by atoms with Crippen LogP contribution in [0.4, 0.5) is 13.2 Å². The van der Waals surface area contributed by atoms with Gasteiger partial charge in [-0.05, 0) is 11.1 Å². The molecule has 140 valence electrons. The van der Waals surface area contributed by atoms with E-state index < -0.39 is 42.5 Å². The van der Waals surface area contributed by atoms with Crippen molar-refractivity contribution in [3.63, 3.8) is 0 Å². The summed E-state index contributed by atoms with van der Waals surface area (Å²) in [6.45, 7) is -1.68. The maximum absolute atomic E-state index is 12.8. The first kappa shape index (κ1) is 18.2. The van der Waals surface area contributed by atoms with E-state index in [-0.39, 0.29) is 25.9 Å². The predicted molar refractivity (Wildman–Crippen MR) is 82.9 cm³/mol. The van der Waals surface area contributed by atoms with E-state index in [2.05, 4.69) is 0 Å². The van der Waals surface area contributed by atoms with E-state index in [4.69, 9.17) is 0 Å². The van der Waals surface area contributed by atoms with Gasteiger partial charge in [0.25, 0.3) is 0 Å². The van der Waals surface area contributed by atoms with E-state index in [1.807, 2.05) is 0 Å². The molecule has 0 aromatic heterocycles. The van der Waals surface area contributed by atoms with E-state index in [9.17, 15) is 32.7 Å². The molecular weight excluding hydrogens is 353 g/mol. The Morgan fingerprint density at radius 2 is 1.81 bits per heavy atom. The largest absolute Gasteiger partial charge is 0.480 e. The van der Waals surface area contributed by atoms with Gasteiger partial charge < -0.3 is 14.9 Å². The van der Waals surface area contributed by atoms with Crippen molar-refractivity contribution in [3.05, 3.63) is 35.4 Å². The van der Waals surface area contributed by atoms with Crippen molar-refractivity contribution in [2.75, 3.05) is 13.1 Å². The van der Waals surface area contributed by atoms with Crippen molar-refractivity contribution in [3.8, 4) is 0 Å². The number of likely N-dealkylation sites (tertiary alicyclic amines) is 1. The molecule has 2 amide bonds. The van der Waals surface area contributed by atoms with Gasteiger partial charge in [0, 0.05) is 25.9 Å². The molecule has 0 unspecified atom stereocenters. The number of nitrogens with zero attached hydrogens (tertiary/aromatic N) is 2. The average Bonchev–Trinajstić information content (AvgIpc) is 2.91. The molecule has 6 nitrogen and oxygen atoms in total. The number of carbonyl (C=O) groups is 3. The molecule has 1 aromatic carbocycles. The van der Waals surface area contributed by atoms with Gasteiger partial charge in [-0.25, -0.2) is 4.79 Å². The lowest BCUT2D eigenvalue weighted by atomic mass is 9.92. The molecule has 1 fully saturated rings. The van der Waals surface area contributed by atoms with Gasteiger partial charge >= 0.3 is 12.1 Å². The Morgan fingerprint density at radius 3 is 2.42 bits per heavy atom. The number of carbonyl (C=O) groups excluding carboxylic acids is 2. The summed E-state index contributed by atoms with van der Waals surface area (Å²) in [7, 11) is 0. The van der Waals surface area contributed by atoms with Gasteiger partial charge in [0.05, 0.1) is 5.92 Å². The van der Waals surface area contributed by atoms with Crippen LogP contribution < -0.4 is 0 Å². The fourth-order valence-electron chi connectivity index (χ4n) is 3.52. The Balaban J connectivity index is 1.78. The maximum atomic E-state index is 12.8. The molecule has 1 aromatic rings. The van der Waals surface area contributed by atoms with Crippen LogP contribution in [-0.4, -0.2) is 58.0 Å². The Kier molecular flexibility index (Phi) is 4.64. The van der Waals surface area contributed by atoms with E-state index in [0.717, 1.165) is 11.1 Å². The van der Waals surface area contributed by atoms with Crippen LogP contribution in [0.3, 0.4) is 0 Å². The van der Waals surface area contributed by atoms with Crippen LogP contribution >= 0.6 is 0 Å². The lowest BCUT2D eigenvalue weighted by Crippen LogP contribution is -2.51. The van der Waals surface area contributed by atoms with Crippen molar-refractivity contribution >= 4 is 17.8 Å². The summed E-state index contributed by atoms with van der Waals surface area (Å²) < 4.78 is 37.6. The van der Waals surface area contributed by atoms with Crippen molar-refractivity contribution in [1.82, 2.24) is 9.80 Å². The van der Waals surface area contributed by atoms with E-state index in [1.54, 1.807) is 24.3 Å². The Morgan fingerprint density at radius 1 is 1.15 bits per heavy atom. The van der Waals surface area contributed by atoms with Gasteiger partial charge in [-0.15, -0.1) is 0 Å². The third kappa shape index (κ3) is 3.66. The van der Waals surface area contributed by atoms with Crippen molar-refractivity contribution < 1.29 is 32.7 Å². The maximum Gasteiger partial charge on any atom is 0.406 e. The van der Waals surface area contributed by atoms with Crippen LogP contribution in [0, 0.1) is 5.92 Å². The molecular formula is C17H17F3N2O4. The zero-order chi connectivity index (χ0) is 19.1.